The third-order valence-corrected chi connectivity index (χ3v) is 3.75. The fraction of sp³-hybridized carbons (Fsp3) is 0.0714. The standard InChI is InChI=1S/C14H12Cl2N2O3S/c1-22(20,21)18-11-5-6-12(13(16)8-11)14(19)17-10-4-2-3-9(15)7-10/h2-8,18H,1H3,(H,17,19). The van der Waals surface area contributed by atoms with Gasteiger partial charge in [0.25, 0.3) is 5.91 Å². The molecule has 8 heteroatoms. The molecule has 0 aliphatic rings. The molecule has 2 N–H and O–H groups in total. The van der Waals surface area contributed by atoms with E-state index in [1.165, 1.54) is 18.2 Å². The molecule has 0 heterocycles. The zero-order chi connectivity index (χ0) is 16.3. The number of carbonyl (C=O) groups excluding carboxylic acids is 1. The van der Waals surface area contributed by atoms with Crippen molar-refractivity contribution in [2.75, 3.05) is 16.3 Å². The lowest BCUT2D eigenvalue weighted by Crippen LogP contribution is -2.13. The number of anilines is 2. The van der Waals surface area contributed by atoms with Crippen LogP contribution in [0.4, 0.5) is 11.4 Å². The van der Waals surface area contributed by atoms with Gasteiger partial charge in [-0.3, -0.25) is 9.52 Å². The topological polar surface area (TPSA) is 75.3 Å². The molecule has 0 aliphatic heterocycles. The second kappa shape index (κ2) is 6.56. The van der Waals surface area contributed by atoms with E-state index in [0.717, 1.165) is 6.26 Å². The van der Waals surface area contributed by atoms with Crippen LogP contribution < -0.4 is 10.0 Å². The lowest BCUT2D eigenvalue weighted by molar-refractivity contribution is 0.102. The van der Waals surface area contributed by atoms with Crippen molar-refractivity contribution >= 4 is 50.5 Å². The van der Waals surface area contributed by atoms with E-state index in [-0.39, 0.29) is 16.3 Å². The summed E-state index contributed by atoms with van der Waals surface area (Å²) in [7, 11) is -3.40. The van der Waals surface area contributed by atoms with E-state index in [1.807, 2.05) is 0 Å². The van der Waals surface area contributed by atoms with Gasteiger partial charge in [-0.25, -0.2) is 8.42 Å². The minimum absolute atomic E-state index is 0.133. The highest BCUT2D eigenvalue weighted by Gasteiger charge is 2.12. The first kappa shape index (κ1) is 16.6. The van der Waals surface area contributed by atoms with E-state index in [0.29, 0.717) is 10.7 Å². The Morgan fingerprint density at radius 1 is 1.05 bits per heavy atom. The first-order valence-electron chi connectivity index (χ1n) is 6.09. The Labute approximate surface area is 138 Å². The van der Waals surface area contributed by atoms with Gasteiger partial charge in [0.05, 0.1) is 16.8 Å². The first-order chi connectivity index (χ1) is 10.2. The number of carbonyl (C=O) groups is 1. The smallest absolute Gasteiger partial charge is 0.257 e. The number of benzene rings is 2. The highest BCUT2D eigenvalue weighted by molar-refractivity contribution is 7.92. The van der Waals surface area contributed by atoms with Crippen LogP contribution in [0.3, 0.4) is 0 Å². The van der Waals surface area contributed by atoms with Gasteiger partial charge in [-0.2, -0.15) is 0 Å². The molecule has 0 saturated heterocycles. The Kier molecular flexibility index (Phi) is 4.95. The Morgan fingerprint density at radius 2 is 1.77 bits per heavy atom. The predicted molar refractivity (Wildman–Crippen MR) is 89.3 cm³/mol. The molecule has 0 saturated carbocycles. The van der Waals surface area contributed by atoms with Crippen LogP contribution in [0.25, 0.3) is 0 Å². The second-order valence-corrected chi connectivity index (χ2v) is 7.13. The summed E-state index contributed by atoms with van der Waals surface area (Å²) in [5, 5.41) is 3.29. The number of hydrogen-bond acceptors (Lipinski definition) is 3. The zero-order valence-corrected chi connectivity index (χ0v) is 13.8. The Balaban J connectivity index is 2.20. The van der Waals surface area contributed by atoms with E-state index >= 15 is 0 Å². The number of rotatable bonds is 4. The molecule has 0 bridgehead atoms. The van der Waals surface area contributed by atoms with Crippen molar-refractivity contribution in [1.29, 1.82) is 0 Å². The maximum absolute atomic E-state index is 12.2. The third kappa shape index (κ3) is 4.62. The second-order valence-electron chi connectivity index (χ2n) is 4.53. The van der Waals surface area contributed by atoms with Gasteiger partial charge >= 0.3 is 0 Å². The fourth-order valence-corrected chi connectivity index (χ4v) is 2.75. The summed E-state index contributed by atoms with van der Waals surface area (Å²) in [5.41, 5.74) is 1.04. The summed E-state index contributed by atoms with van der Waals surface area (Å²) >= 11 is 11.9. The van der Waals surface area contributed by atoms with Gasteiger partial charge in [0.1, 0.15) is 0 Å². The number of amides is 1. The number of nitrogens with one attached hydrogen (secondary N) is 2. The highest BCUT2D eigenvalue weighted by atomic mass is 35.5. The van der Waals surface area contributed by atoms with Crippen LogP contribution >= 0.6 is 23.2 Å². The van der Waals surface area contributed by atoms with Crippen LogP contribution in [0.5, 0.6) is 0 Å². The molecule has 1 amide bonds. The summed E-state index contributed by atoms with van der Waals surface area (Å²) in [6.45, 7) is 0. The molecule has 5 nitrogen and oxygen atoms in total. The van der Waals surface area contributed by atoms with Crippen molar-refractivity contribution in [3.05, 3.63) is 58.1 Å². The average molecular weight is 359 g/mol. The van der Waals surface area contributed by atoms with Gasteiger partial charge in [0.2, 0.25) is 10.0 Å². The van der Waals surface area contributed by atoms with E-state index in [2.05, 4.69) is 10.0 Å². The number of halogens is 2. The van der Waals surface area contributed by atoms with Crippen LogP contribution in [-0.2, 0) is 10.0 Å². The molecule has 0 aromatic heterocycles. The molecule has 22 heavy (non-hydrogen) atoms. The minimum Gasteiger partial charge on any atom is -0.322 e. The first-order valence-corrected chi connectivity index (χ1v) is 8.73. The van der Waals surface area contributed by atoms with E-state index < -0.39 is 15.9 Å². The summed E-state index contributed by atoms with van der Waals surface area (Å²) in [6, 6.07) is 11.0. The minimum atomic E-state index is -3.40. The van der Waals surface area contributed by atoms with Crippen LogP contribution in [-0.4, -0.2) is 20.6 Å². The molecule has 0 radical (unpaired) electrons. The molecule has 0 aliphatic carbocycles. The maximum Gasteiger partial charge on any atom is 0.257 e. The molecule has 0 fully saturated rings. The van der Waals surface area contributed by atoms with Gasteiger partial charge in [-0.1, -0.05) is 29.3 Å². The Bertz CT molecular complexity index is 823. The summed E-state index contributed by atoms with van der Waals surface area (Å²) < 4.78 is 24.6. The molecule has 2 rings (SSSR count). The molecule has 2 aromatic carbocycles. The SMILES string of the molecule is CS(=O)(=O)Nc1ccc(C(=O)Nc2cccc(Cl)c2)c(Cl)c1. The Morgan fingerprint density at radius 3 is 2.36 bits per heavy atom. The summed E-state index contributed by atoms with van der Waals surface area (Å²) in [6.07, 6.45) is 1.03. The van der Waals surface area contributed by atoms with Gasteiger partial charge in [0.15, 0.2) is 0 Å². The van der Waals surface area contributed by atoms with Crippen molar-refractivity contribution in [1.82, 2.24) is 0 Å². The van der Waals surface area contributed by atoms with Gasteiger partial charge in [0, 0.05) is 16.4 Å². The predicted octanol–water partition coefficient (Wildman–Crippen LogP) is 3.62. The van der Waals surface area contributed by atoms with Gasteiger partial charge in [-0.15, -0.1) is 0 Å². The van der Waals surface area contributed by atoms with Crippen molar-refractivity contribution < 1.29 is 13.2 Å². The van der Waals surface area contributed by atoms with Crippen molar-refractivity contribution in [3.63, 3.8) is 0 Å². The largest absolute Gasteiger partial charge is 0.322 e. The normalized spacial score (nSPS) is 11.0. The lowest BCUT2D eigenvalue weighted by atomic mass is 10.2. The maximum atomic E-state index is 12.2. The summed E-state index contributed by atoms with van der Waals surface area (Å²) in [4.78, 5) is 12.2. The van der Waals surface area contributed by atoms with E-state index in [9.17, 15) is 13.2 Å². The molecule has 116 valence electrons. The third-order valence-electron chi connectivity index (χ3n) is 2.60. The molecular formula is C14H12Cl2N2O3S. The van der Waals surface area contributed by atoms with Crippen molar-refractivity contribution in [2.24, 2.45) is 0 Å². The van der Waals surface area contributed by atoms with Crippen molar-refractivity contribution in [3.8, 4) is 0 Å². The van der Waals surface area contributed by atoms with Crippen LogP contribution in [0.15, 0.2) is 42.5 Å². The number of sulfonamides is 1. The quantitative estimate of drug-likeness (QED) is 0.876. The molecule has 0 atom stereocenters. The zero-order valence-electron chi connectivity index (χ0n) is 11.4. The lowest BCUT2D eigenvalue weighted by Gasteiger charge is -2.09. The highest BCUT2D eigenvalue weighted by Crippen LogP contribution is 2.23. The van der Waals surface area contributed by atoms with Crippen molar-refractivity contribution in [2.45, 2.75) is 0 Å². The summed E-state index contributed by atoms with van der Waals surface area (Å²) in [5.74, 6) is -0.418. The molecule has 2 aromatic rings. The fourth-order valence-electron chi connectivity index (χ4n) is 1.74. The molecule has 0 unspecified atom stereocenters. The monoisotopic (exact) mass is 358 g/mol. The Hall–Kier alpha value is -1.76. The average Bonchev–Trinajstić information content (AvgIpc) is 2.36. The van der Waals surface area contributed by atoms with Gasteiger partial charge in [-0.05, 0) is 36.4 Å². The molecule has 0 spiro atoms. The number of hydrogen-bond donors (Lipinski definition) is 2. The van der Waals surface area contributed by atoms with Crippen LogP contribution in [0.2, 0.25) is 10.0 Å². The van der Waals surface area contributed by atoms with Crippen LogP contribution in [0.1, 0.15) is 10.4 Å². The van der Waals surface area contributed by atoms with Gasteiger partial charge < -0.3 is 5.32 Å². The molecular weight excluding hydrogens is 347 g/mol. The van der Waals surface area contributed by atoms with Crippen LogP contribution in [0, 0.1) is 0 Å². The van der Waals surface area contributed by atoms with E-state index in [4.69, 9.17) is 23.2 Å². The van der Waals surface area contributed by atoms with E-state index in [1.54, 1.807) is 24.3 Å².